The van der Waals surface area contributed by atoms with E-state index in [1.807, 2.05) is 24.3 Å². The molecule has 0 heterocycles. The Hall–Kier alpha value is -2.20. The zero-order chi connectivity index (χ0) is 16.7. The fourth-order valence-electron chi connectivity index (χ4n) is 2.05. The van der Waals surface area contributed by atoms with Gasteiger partial charge < -0.3 is 15.8 Å². The van der Waals surface area contributed by atoms with E-state index >= 15 is 0 Å². The van der Waals surface area contributed by atoms with Gasteiger partial charge in [0.05, 0.1) is 18.1 Å². The number of nitro groups is 1. The fourth-order valence-corrected chi connectivity index (χ4v) is 2.05. The fraction of sp³-hybridized carbons (Fsp3) is 0.188. The van der Waals surface area contributed by atoms with E-state index in [4.69, 9.17) is 10.5 Å². The molecule has 2 aromatic rings. The number of aliphatic imine (C=N–C) groups is 1. The van der Waals surface area contributed by atoms with Crippen LogP contribution in [0.25, 0.3) is 0 Å². The summed E-state index contributed by atoms with van der Waals surface area (Å²) in [5.41, 5.74) is 8.41. The molecule has 0 unspecified atom stereocenters. The van der Waals surface area contributed by atoms with Crippen LogP contribution in [0.5, 0.6) is 0 Å². The van der Waals surface area contributed by atoms with E-state index in [1.165, 1.54) is 12.1 Å². The highest BCUT2D eigenvalue weighted by atomic mass is 127. The van der Waals surface area contributed by atoms with E-state index in [0.717, 1.165) is 11.3 Å². The van der Waals surface area contributed by atoms with Crippen molar-refractivity contribution in [2.45, 2.75) is 13.2 Å². The van der Waals surface area contributed by atoms with Gasteiger partial charge in [-0.15, -0.1) is 24.0 Å². The van der Waals surface area contributed by atoms with Crippen LogP contribution in [0.1, 0.15) is 11.1 Å². The summed E-state index contributed by atoms with van der Waals surface area (Å²) in [5, 5.41) is 13.8. The minimum atomic E-state index is -0.435. The molecule has 0 aliphatic carbocycles. The Balaban J connectivity index is 0.00000288. The van der Waals surface area contributed by atoms with E-state index in [9.17, 15) is 10.1 Å². The Morgan fingerprint density at radius 2 is 2.04 bits per heavy atom. The first kappa shape index (κ1) is 19.8. The van der Waals surface area contributed by atoms with Crippen LogP contribution in [0.3, 0.4) is 0 Å². The summed E-state index contributed by atoms with van der Waals surface area (Å²) >= 11 is 0. The Kier molecular flexibility index (Phi) is 8.13. The monoisotopic (exact) mass is 442 g/mol. The largest absolute Gasteiger partial charge is 0.380 e. The molecule has 0 aliphatic rings. The quantitative estimate of drug-likeness (QED) is 0.235. The van der Waals surface area contributed by atoms with E-state index < -0.39 is 4.92 Å². The molecule has 2 aromatic carbocycles. The number of nitrogens with two attached hydrogens (primary N) is 1. The molecule has 8 heteroatoms. The number of hydrogen-bond donors (Lipinski definition) is 2. The average Bonchev–Trinajstić information content (AvgIpc) is 2.55. The summed E-state index contributed by atoms with van der Waals surface area (Å²) in [6, 6.07) is 13.9. The topological polar surface area (TPSA) is 103 Å². The molecule has 2 rings (SSSR count). The number of hydrogen-bond acceptors (Lipinski definition) is 4. The second kappa shape index (κ2) is 9.83. The summed E-state index contributed by atoms with van der Waals surface area (Å²) in [6.45, 7) is 0.717. The third-order valence-corrected chi connectivity index (χ3v) is 3.13. The minimum Gasteiger partial charge on any atom is -0.380 e. The van der Waals surface area contributed by atoms with Gasteiger partial charge in [-0.05, 0) is 11.6 Å². The molecular formula is C16H19IN4O3. The number of para-hydroxylation sites is 1. The van der Waals surface area contributed by atoms with Crippen LogP contribution in [-0.4, -0.2) is 18.0 Å². The van der Waals surface area contributed by atoms with Gasteiger partial charge in [0.15, 0.2) is 5.96 Å². The molecule has 7 nitrogen and oxygen atoms in total. The Labute approximate surface area is 157 Å². The summed E-state index contributed by atoms with van der Waals surface area (Å²) in [6.07, 6.45) is 0. The summed E-state index contributed by atoms with van der Waals surface area (Å²) < 4.78 is 5.13. The average molecular weight is 442 g/mol. The van der Waals surface area contributed by atoms with Crippen LogP contribution >= 0.6 is 24.0 Å². The van der Waals surface area contributed by atoms with Crippen LogP contribution in [0.4, 0.5) is 11.4 Å². The maximum Gasteiger partial charge on any atom is 0.269 e. The van der Waals surface area contributed by atoms with Crippen molar-refractivity contribution < 1.29 is 9.66 Å². The van der Waals surface area contributed by atoms with Crippen molar-refractivity contribution >= 4 is 41.3 Å². The smallest absolute Gasteiger partial charge is 0.269 e. The van der Waals surface area contributed by atoms with Crippen LogP contribution in [0.2, 0.25) is 0 Å². The summed E-state index contributed by atoms with van der Waals surface area (Å²) in [5.74, 6) is 0.236. The second-order valence-corrected chi connectivity index (χ2v) is 4.84. The standard InChI is InChI=1S/C16H18N4O3.HI/c1-23-11-13-6-2-3-8-15(13)19-16(17)18-10-12-5-4-7-14(9-12)20(21)22;/h2-9H,10-11H2,1H3,(H3,17,18,19);1H. The van der Waals surface area contributed by atoms with Gasteiger partial charge in [0, 0.05) is 30.5 Å². The van der Waals surface area contributed by atoms with Crippen molar-refractivity contribution in [3.8, 4) is 0 Å². The number of nitro benzene ring substituents is 1. The number of ether oxygens (including phenoxy) is 1. The molecule has 0 saturated heterocycles. The molecule has 0 fully saturated rings. The maximum atomic E-state index is 10.8. The molecule has 0 bridgehead atoms. The van der Waals surface area contributed by atoms with Gasteiger partial charge in [0.1, 0.15) is 0 Å². The van der Waals surface area contributed by atoms with Crippen LogP contribution in [-0.2, 0) is 17.9 Å². The van der Waals surface area contributed by atoms with Gasteiger partial charge in [0.25, 0.3) is 5.69 Å². The summed E-state index contributed by atoms with van der Waals surface area (Å²) in [4.78, 5) is 14.5. The molecule has 0 atom stereocenters. The normalized spacial score (nSPS) is 10.8. The number of halogens is 1. The Morgan fingerprint density at radius 3 is 2.75 bits per heavy atom. The number of nitrogens with zero attached hydrogens (tertiary/aromatic N) is 2. The van der Waals surface area contributed by atoms with Crippen molar-refractivity contribution in [2.75, 3.05) is 12.4 Å². The number of non-ortho nitro benzene ring substituents is 1. The lowest BCUT2D eigenvalue weighted by atomic mass is 10.2. The molecule has 0 amide bonds. The van der Waals surface area contributed by atoms with Crippen molar-refractivity contribution in [2.24, 2.45) is 10.7 Å². The highest BCUT2D eigenvalue weighted by Crippen LogP contribution is 2.16. The van der Waals surface area contributed by atoms with E-state index in [2.05, 4.69) is 10.3 Å². The minimum absolute atomic E-state index is 0. The van der Waals surface area contributed by atoms with E-state index in [1.54, 1.807) is 19.2 Å². The van der Waals surface area contributed by atoms with Crippen LogP contribution < -0.4 is 11.1 Å². The third-order valence-electron chi connectivity index (χ3n) is 3.13. The van der Waals surface area contributed by atoms with Gasteiger partial charge in [-0.1, -0.05) is 30.3 Å². The number of nitrogens with one attached hydrogen (secondary N) is 1. The highest BCUT2D eigenvalue weighted by Gasteiger charge is 2.06. The molecule has 0 aliphatic heterocycles. The first-order chi connectivity index (χ1) is 11.1. The van der Waals surface area contributed by atoms with E-state index in [-0.39, 0.29) is 42.2 Å². The first-order valence-electron chi connectivity index (χ1n) is 6.97. The molecule has 3 N–H and O–H groups in total. The maximum absolute atomic E-state index is 10.8. The molecular weight excluding hydrogens is 423 g/mol. The van der Waals surface area contributed by atoms with Crippen molar-refractivity contribution in [3.05, 3.63) is 69.8 Å². The lowest BCUT2D eigenvalue weighted by Gasteiger charge is -2.10. The number of guanidine groups is 1. The molecule has 0 spiro atoms. The van der Waals surface area contributed by atoms with Crippen molar-refractivity contribution in [1.82, 2.24) is 0 Å². The Morgan fingerprint density at radius 1 is 1.29 bits per heavy atom. The molecule has 128 valence electrons. The lowest BCUT2D eigenvalue weighted by Crippen LogP contribution is -2.23. The number of methoxy groups -OCH3 is 1. The third kappa shape index (κ3) is 5.78. The first-order valence-corrected chi connectivity index (χ1v) is 6.97. The summed E-state index contributed by atoms with van der Waals surface area (Å²) in [7, 11) is 1.62. The van der Waals surface area contributed by atoms with E-state index in [0.29, 0.717) is 12.2 Å². The number of benzene rings is 2. The van der Waals surface area contributed by atoms with Gasteiger partial charge in [0.2, 0.25) is 0 Å². The van der Waals surface area contributed by atoms with Crippen LogP contribution in [0, 0.1) is 10.1 Å². The second-order valence-electron chi connectivity index (χ2n) is 4.84. The van der Waals surface area contributed by atoms with Gasteiger partial charge >= 0.3 is 0 Å². The van der Waals surface area contributed by atoms with Gasteiger partial charge in [-0.2, -0.15) is 0 Å². The Bertz CT molecular complexity index is 722. The SMILES string of the molecule is COCc1ccccc1NC(N)=NCc1cccc([N+](=O)[O-])c1.I. The number of rotatable bonds is 6. The highest BCUT2D eigenvalue weighted by molar-refractivity contribution is 14.0. The molecule has 0 saturated carbocycles. The van der Waals surface area contributed by atoms with Crippen molar-refractivity contribution in [3.63, 3.8) is 0 Å². The molecule has 0 radical (unpaired) electrons. The zero-order valence-electron chi connectivity index (χ0n) is 13.1. The zero-order valence-corrected chi connectivity index (χ0v) is 15.5. The van der Waals surface area contributed by atoms with Gasteiger partial charge in [-0.25, -0.2) is 4.99 Å². The molecule has 0 aromatic heterocycles. The van der Waals surface area contributed by atoms with Crippen molar-refractivity contribution in [1.29, 1.82) is 0 Å². The van der Waals surface area contributed by atoms with Crippen LogP contribution in [0.15, 0.2) is 53.5 Å². The predicted molar refractivity (Wildman–Crippen MR) is 105 cm³/mol. The number of anilines is 1. The molecule has 24 heavy (non-hydrogen) atoms. The lowest BCUT2D eigenvalue weighted by molar-refractivity contribution is -0.384. The predicted octanol–water partition coefficient (Wildman–Crippen LogP) is 3.29. The van der Waals surface area contributed by atoms with Gasteiger partial charge in [-0.3, -0.25) is 10.1 Å².